The van der Waals surface area contributed by atoms with Crippen LogP contribution in [0.25, 0.3) is 0 Å². The molecule has 4 rings (SSSR count). The summed E-state index contributed by atoms with van der Waals surface area (Å²) in [6, 6.07) is 0. The molecule has 4 fully saturated rings. The van der Waals surface area contributed by atoms with Gasteiger partial charge >= 0.3 is 0 Å². The third kappa shape index (κ3) is 3.79. The van der Waals surface area contributed by atoms with Gasteiger partial charge in [-0.2, -0.15) is 0 Å². The van der Waals surface area contributed by atoms with E-state index in [2.05, 4.69) is 32.6 Å². The largest absolute Gasteiger partial charge is 0.393 e. The van der Waals surface area contributed by atoms with Crippen LogP contribution in [0.5, 0.6) is 0 Å². The smallest absolute Gasteiger partial charge is 0.0543 e. The van der Waals surface area contributed by atoms with E-state index in [-0.39, 0.29) is 6.10 Å². The molecule has 30 heavy (non-hydrogen) atoms. The highest BCUT2D eigenvalue weighted by Crippen LogP contribution is 2.68. The summed E-state index contributed by atoms with van der Waals surface area (Å²) in [6.07, 6.45) is 13.2. The zero-order valence-electron chi connectivity index (χ0n) is 20.4. The lowest BCUT2D eigenvalue weighted by Gasteiger charge is -2.61. The quantitative estimate of drug-likeness (QED) is 0.589. The standard InChI is InChI=1S/C27H50N2O/c1-5-29(6-2)16-13-19(18-28)23-9-10-24-22-8-7-20-17-21(30)11-14-26(20,3)25(22)12-15-27(23,24)4/h19-25,30H,5-18,28H2,1-4H3/t19?,20-,21-,22-,23+,24-,25-,26-,27+/m0/s1. The molecule has 4 aliphatic rings. The normalized spacial score (nSPS) is 46.9. The summed E-state index contributed by atoms with van der Waals surface area (Å²) < 4.78 is 0. The van der Waals surface area contributed by atoms with E-state index in [1.807, 2.05) is 0 Å². The Hall–Kier alpha value is -0.120. The monoisotopic (exact) mass is 418 g/mol. The average Bonchev–Trinajstić information content (AvgIpc) is 3.09. The van der Waals surface area contributed by atoms with Crippen molar-refractivity contribution in [1.29, 1.82) is 0 Å². The molecule has 0 spiro atoms. The van der Waals surface area contributed by atoms with Crippen LogP contribution in [0, 0.1) is 46.3 Å². The molecule has 0 radical (unpaired) electrons. The van der Waals surface area contributed by atoms with Crippen molar-refractivity contribution < 1.29 is 5.11 Å². The van der Waals surface area contributed by atoms with E-state index in [9.17, 15) is 5.11 Å². The van der Waals surface area contributed by atoms with Crippen molar-refractivity contribution in [2.24, 2.45) is 52.1 Å². The van der Waals surface area contributed by atoms with Crippen molar-refractivity contribution >= 4 is 0 Å². The fraction of sp³-hybridized carbons (Fsp3) is 1.00. The van der Waals surface area contributed by atoms with Crippen molar-refractivity contribution in [1.82, 2.24) is 4.90 Å². The SMILES string of the molecule is CCN(CC)CCC(CN)[C@H]1CC[C@H]2[C@@H]3CC[C@H]4C[C@@H](O)CC[C@]4(C)[C@H]3CC[C@]12C. The summed E-state index contributed by atoms with van der Waals surface area (Å²) in [6.45, 7) is 14.3. The number of hydrogen-bond acceptors (Lipinski definition) is 3. The first-order chi connectivity index (χ1) is 14.4. The lowest BCUT2D eigenvalue weighted by atomic mass is 9.44. The Morgan fingerprint density at radius 2 is 1.63 bits per heavy atom. The summed E-state index contributed by atoms with van der Waals surface area (Å²) in [4.78, 5) is 2.58. The predicted molar refractivity (Wildman–Crippen MR) is 126 cm³/mol. The van der Waals surface area contributed by atoms with Crippen molar-refractivity contribution in [3.05, 3.63) is 0 Å². The van der Waals surface area contributed by atoms with E-state index in [1.165, 1.54) is 57.9 Å². The van der Waals surface area contributed by atoms with Gasteiger partial charge in [-0.25, -0.2) is 0 Å². The van der Waals surface area contributed by atoms with Gasteiger partial charge in [0.15, 0.2) is 0 Å². The van der Waals surface area contributed by atoms with E-state index < -0.39 is 0 Å². The average molecular weight is 419 g/mol. The van der Waals surface area contributed by atoms with Gasteiger partial charge in [0.25, 0.3) is 0 Å². The summed E-state index contributed by atoms with van der Waals surface area (Å²) >= 11 is 0. The lowest BCUT2D eigenvalue weighted by molar-refractivity contribution is -0.129. The number of aliphatic hydroxyl groups excluding tert-OH is 1. The molecule has 0 amide bonds. The maximum absolute atomic E-state index is 10.3. The highest BCUT2D eigenvalue weighted by Gasteiger charge is 2.60. The fourth-order valence-corrected chi connectivity index (χ4v) is 9.42. The van der Waals surface area contributed by atoms with E-state index in [4.69, 9.17) is 5.73 Å². The van der Waals surface area contributed by atoms with Crippen molar-refractivity contribution in [2.45, 2.75) is 98.0 Å². The first kappa shape index (κ1) is 23.1. The number of nitrogens with zero attached hydrogens (tertiary/aromatic N) is 1. The number of fused-ring (bicyclic) bond motifs is 5. The Kier molecular flexibility index (Phi) is 6.93. The summed E-state index contributed by atoms with van der Waals surface area (Å²) in [5.41, 5.74) is 7.43. The van der Waals surface area contributed by atoms with Gasteiger partial charge in [0, 0.05) is 0 Å². The zero-order valence-corrected chi connectivity index (χ0v) is 20.4. The minimum Gasteiger partial charge on any atom is -0.393 e. The Morgan fingerprint density at radius 1 is 0.933 bits per heavy atom. The molecule has 4 saturated carbocycles. The number of aliphatic hydroxyl groups is 1. The third-order valence-electron chi connectivity index (χ3n) is 11.3. The first-order valence-corrected chi connectivity index (χ1v) is 13.5. The van der Waals surface area contributed by atoms with Crippen molar-refractivity contribution in [2.75, 3.05) is 26.2 Å². The summed E-state index contributed by atoms with van der Waals surface area (Å²) in [7, 11) is 0. The Balaban J connectivity index is 1.48. The maximum Gasteiger partial charge on any atom is 0.0543 e. The number of hydrogen-bond donors (Lipinski definition) is 2. The Bertz CT molecular complexity index is 577. The van der Waals surface area contributed by atoms with Gasteiger partial charge in [-0.05, 0) is 137 Å². The Morgan fingerprint density at radius 3 is 2.33 bits per heavy atom. The third-order valence-corrected chi connectivity index (χ3v) is 11.3. The second kappa shape index (κ2) is 9.02. The van der Waals surface area contributed by atoms with Gasteiger partial charge in [0.2, 0.25) is 0 Å². The molecule has 3 nitrogen and oxygen atoms in total. The molecule has 0 saturated heterocycles. The predicted octanol–water partition coefficient (Wildman–Crippen LogP) is 5.31. The molecule has 4 aliphatic carbocycles. The Labute approximate surface area is 186 Å². The molecular weight excluding hydrogens is 368 g/mol. The maximum atomic E-state index is 10.3. The van der Waals surface area contributed by atoms with E-state index in [1.54, 1.807) is 0 Å². The van der Waals surface area contributed by atoms with Crippen LogP contribution in [-0.4, -0.2) is 42.3 Å². The van der Waals surface area contributed by atoms with Gasteiger partial charge in [0.05, 0.1) is 6.10 Å². The lowest BCUT2D eigenvalue weighted by Crippen LogP contribution is -2.54. The first-order valence-electron chi connectivity index (χ1n) is 13.5. The molecule has 0 aromatic heterocycles. The molecule has 3 heteroatoms. The fourth-order valence-electron chi connectivity index (χ4n) is 9.42. The molecule has 9 atom stereocenters. The van der Waals surface area contributed by atoms with Crippen molar-refractivity contribution in [3.63, 3.8) is 0 Å². The van der Waals surface area contributed by atoms with Crippen molar-refractivity contribution in [3.8, 4) is 0 Å². The van der Waals surface area contributed by atoms with Gasteiger partial charge in [-0.3, -0.25) is 0 Å². The van der Waals surface area contributed by atoms with E-state index >= 15 is 0 Å². The molecule has 3 N–H and O–H groups in total. The second-order valence-corrected chi connectivity index (χ2v) is 12.1. The zero-order chi connectivity index (χ0) is 21.5. The van der Waals surface area contributed by atoms with Crippen LogP contribution in [0.1, 0.15) is 91.9 Å². The van der Waals surface area contributed by atoms with Crippen LogP contribution in [0.3, 0.4) is 0 Å². The van der Waals surface area contributed by atoms with Crippen LogP contribution >= 0.6 is 0 Å². The van der Waals surface area contributed by atoms with Gasteiger partial charge in [-0.15, -0.1) is 0 Å². The minimum atomic E-state index is -0.0274. The molecule has 1 unspecified atom stereocenters. The van der Waals surface area contributed by atoms with Crippen LogP contribution < -0.4 is 5.73 Å². The van der Waals surface area contributed by atoms with Crippen LogP contribution in [0.4, 0.5) is 0 Å². The number of nitrogens with two attached hydrogens (primary N) is 1. The molecule has 0 bridgehead atoms. The van der Waals surface area contributed by atoms with E-state index in [0.717, 1.165) is 62.1 Å². The summed E-state index contributed by atoms with van der Waals surface area (Å²) in [5, 5.41) is 10.3. The molecule has 0 aromatic carbocycles. The molecular formula is C27H50N2O. The van der Waals surface area contributed by atoms with Crippen LogP contribution in [-0.2, 0) is 0 Å². The minimum absolute atomic E-state index is 0.0274. The van der Waals surface area contributed by atoms with Crippen LogP contribution in [0.2, 0.25) is 0 Å². The molecule has 174 valence electrons. The molecule has 0 aliphatic heterocycles. The highest BCUT2D eigenvalue weighted by atomic mass is 16.3. The second-order valence-electron chi connectivity index (χ2n) is 12.1. The summed E-state index contributed by atoms with van der Waals surface area (Å²) in [5.74, 6) is 5.08. The van der Waals surface area contributed by atoms with Crippen LogP contribution in [0.15, 0.2) is 0 Å². The molecule has 0 heterocycles. The van der Waals surface area contributed by atoms with Gasteiger partial charge in [0.1, 0.15) is 0 Å². The van der Waals surface area contributed by atoms with E-state index in [0.29, 0.717) is 16.7 Å². The number of rotatable bonds is 7. The highest BCUT2D eigenvalue weighted by molar-refractivity contribution is 5.10. The topological polar surface area (TPSA) is 49.5 Å². The molecule has 0 aromatic rings. The van der Waals surface area contributed by atoms with Gasteiger partial charge < -0.3 is 15.7 Å². The van der Waals surface area contributed by atoms with Gasteiger partial charge in [-0.1, -0.05) is 27.7 Å².